The van der Waals surface area contributed by atoms with Crippen LogP contribution in [0.15, 0.2) is 36.4 Å². The van der Waals surface area contributed by atoms with Crippen molar-refractivity contribution in [3.63, 3.8) is 0 Å². The molecule has 0 atom stereocenters. The van der Waals surface area contributed by atoms with Crippen LogP contribution in [0.2, 0.25) is 0 Å². The van der Waals surface area contributed by atoms with E-state index >= 15 is 0 Å². The minimum Gasteiger partial charge on any atom is -0.422 e. The highest BCUT2D eigenvalue weighted by Crippen LogP contribution is 2.34. The van der Waals surface area contributed by atoms with Crippen molar-refractivity contribution >= 4 is 38.0 Å². The number of benzene rings is 1. The van der Waals surface area contributed by atoms with E-state index in [1.165, 1.54) is 51.9 Å². The third-order valence-corrected chi connectivity index (χ3v) is 6.88. The van der Waals surface area contributed by atoms with Crippen LogP contribution >= 0.6 is 22.7 Å². The third-order valence-electron chi connectivity index (χ3n) is 4.45. The topological polar surface area (TPSA) is 26.3 Å². The standard InChI is InChI=1S/C22H26O2S2/c1-3-5-7-9-19-14-17-15-20(26-22(17)25-19)21(23)24-18-12-10-16(11-13-18)8-6-4-2/h10-15H,3-9H2,1-2H3. The molecule has 26 heavy (non-hydrogen) atoms. The molecule has 0 bridgehead atoms. The number of unbranched alkanes of at least 4 members (excludes halogenated alkanes) is 3. The second-order valence-corrected chi connectivity index (χ2v) is 9.11. The molecule has 0 amide bonds. The Hall–Kier alpha value is -1.65. The molecular formula is C22H26O2S2. The largest absolute Gasteiger partial charge is 0.422 e. The van der Waals surface area contributed by atoms with Crippen molar-refractivity contribution in [2.24, 2.45) is 0 Å². The van der Waals surface area contributed by atoms with Gasteiger partial charge in [0.25, 0.3) is 0 Å². The molecule has 1 aromatic carbocycles. The van der Waals surface area contributed by atoms with Gasteiger partial charge in [-0.3, -0.25) is 0 Å². The predicted molar refractivity (Wildman–Crippen MR) is 113 cm³/mol. The molecule has 0 spiro atoms. The van der Waals surface area contributed by atoms with Crippen LogP contribution in [-0.2, 0) is 12.8 Å². The second-order valence-electron chi connectivity index (χ2n) is 6.66. The van der Waals surface area contributed by atoms with Gasteiger partial charge in [-0.15, -0.1) is 22.7 Å². The number of ether oxygens (including phenoxy) is 1. The number of carbonyl (C=O) groups is 1. The van der Waals surface area contributed by atoms with Crippen LogP contribution in [0.5, 0.6) is 5.75 Å². The van der Waals surface area contributed by atoms with E-state index in [4.69, 9.17) is 4.74 Å². The van der Waals surface area contributed by atoms with Gasteiger partial charge in [0.15, 0.2) is 0 Å². The van der Waals surface area contributed by atoms with Crippen LogP contribution in [0.1, 0.15) is 66.1 Å². The summed E-state index contributed by atoms with van der Waals surface area (Å²) in [6.07, 6.45) is 8.36. The fraction of sp³-hybridized carbons (Fsp3) is 0.409. The SMILES string of the molecule is CCCCCc1cc2cc(C(=O)Oc3ccc(CCCC)cc3)sc2s1. The zero-order valence-electron chi connectivity index (χ0n) is 15.5. The fourth-order valence-electron chi connectivity index (χ4n) is 2.93. The van der Waals surface area contributed by atoms with Gasteiger partial charge in [-0.05, 0) is 55.5 Å². The Morgan fingerprint density at radius 1 is 0.923 bits per heavy atom. The number of esters is 1. The quantitative estimate of drug-likeness (QED) is 0.220. The predicted octanol–water partition coefficient (Wildman–Crippen LogP) is 7.26. The van der Waals surface area contributed by atoms with Gasteiger partial charge >= 0.3 is 5.97 Å². The van der Waals surface area contributed by atoms with Crippen LogP contribution in [-0.4, -0.2) is 5.97 Å². The summed E-state index contributed by atoms with van der Waals surface area (Å²) in [6.45, 7) is 4.42. The molecule has 4 heteroatoms. The van der Waals surface area contributed by atoms with Crippen LogP contribution in [0, 0.1) is 0 Å². The highest BCUT2D eigenvalue weighted by Gasteiger charge is 2.15. The maximum absolute atomic E-state index is 12.4. The maximum Gasteiger partial charge on any atom is 0.353 e. The number of thiophene rings is 2. The van der Waals surface area contributed by atoms with Crippen molar-refractivity contribution < 1.29 is 9.53 Å². The van der Waals surface area contributed by atoms with Gasteiger partial charge in [0.2, 0.25) is 0 Å². The summed E-state index contributed by atoms with van der Waals surface area (Å²) >= 11 is 3.36. The van der Waals surface area contributed by atoms with E-state index in [0.29, 0.717) is 10.6 Å². The third kappa shape index (κ3) is 4.95. The summed E-state index contributed by atoms with van der Waals surface area (Å²) in [4.78, 5) is 14.5. The van der Waals surface area contributed by atoms with Crippen LogP contribution in [0.4, 0.5) is 0 Å². The molecule has 138 valence electrons. The Labute approximate surface area is 163 Å². The average molecular weight is 387 g/mol. The van der Waals surface area contributed by atoms with Crippen molar-refractivity contribution in [3.05, 3.63) is 51.7 Å². The van der Waals surface area contributed by atoms with Crippen molar-refractivity contribution in [1.82, 2.24) is 0 Å². The zero-order chi connectivity index (χ0) is 18.4. The maximum atomic E-state index is 12.4. The molecule has 2 aromatic heterocycles. The molecule has 3 rings (SSSR count). The molecular weight excluding hydrogens is 360 g/mol. The van der Waals surface area contributed by atoms with Gasteiger partial charge < -0.3 is 4.74 Å². The van der Waals surface area contributed by atoms with E-state index in [1.807, 2.05) is 41.7 Å². The molecule has 0 unspecified atom stereocenters. The molecule has 0 fully saturated rings. The fourth-order valence-corrected chi connectivity index (χ4v) is 5.34. The Bertz CT molecular complexity index is 811. The molecule has 0 aliphatic carbocycles. The molecule has 0 N–H and O–H groups in total. The number of hydrogen-bond donors (Lipinski definition) is 0. The van der Waals surface area contributed by atoms with Crippen LogP contribution in [0.3, 0.4) is 0 Å². The highest BCUT2D eigenvalue weighted by atomic mass is 32.2. The van der Waals surface area contributed by atoms with Crippen LogP contribution < -0.4 is 4.74 Å². The molecule has 0 aliphatic rings. The second kappa shape index (κ2) is 9.33. The number of fused-ring (bicyclic) bond motifs is 1. The summed E-state index contributed by atoms with van der Waals surface area (Å²) in [5.41, 5.74) is 1.29. The first-order chi connectivity index (χ1) is 12.7. The van der Waals surface area contributed by atoms with Crippen molar-refractivity contribution in [3.8, 4) is 5.75 Å². The van der Waals surface area contributed by atoms with Gasteiger partial charge in [-0.1, -0.05) is 45.2 Å². The first-order valence-corrected chi connectivity index (χ1v) is 11.2. The number of carbonyl (C=O) groups excluding carboxylic acids is 1. The lowest BCUT2D eigenvalue weighted by molar-refractivity contribution is 0.0740. The Morgan fingerprint density at radius 2 is 1.69 bits per heavy atom. The number of aryl methyl sites for hydroxylation is 2. The lowest BCUT2D eigenvalue weighted by Crippen LogP contribution is -2.06. The monoisotopic (exact) mass is 386 g/mol. The van der Waals surface area contributed by atoms with Crippen molar-refractivity contribution in [2.75, 3.05) is 0 Å². The molecule has 0 radical (unpaired) electrons. The summed E-state index contributed by atoms with van der Waals surface area (Å²) in [6, 6.07) is 12.1. The summed E-state index contributed by atoms with van der Waals surface area (Å²) in [5.74, 6) is 0.361. The van der Waals surface area contributed by atoms with Gasteiger partial charge in [0.05, 0.1) is 4.01 Å². The summed E-state index contributed by atoms with van der Waals surface area (Å²) in [7, 11) is 0. The lowest BCUT2D eigenvalue weighted by Gasteiger charge is -2.04. The normalized spacial score (nSPS) is 11.2. The Kier molecular flexibility index (Phi) is 6.86. The summed E-state index contributed by atoms with van der Waals surface area (Å²) in [5, 5.41) is 1.17. The lowest BCUT2D eigenvalue weighted by atomic mass is 10.1. The van der Waals surface area contributed by atoms with Gasteiger partial charge in [0.1, 0.15) is 10.6 Å². The number of rotatable bonds is 9. The van der Waals surface area contributed by atoms with E-state index < -0.39 is 0 Å². The van der Waals surface area contributed by atoms with E-state index in [9.17, 15) is 4.79 Å². The van der Waals surface area contributed by atoms with Crippen molar-refractivity contribution in [2.45, 2.75) is 58.8 Å². The van der Waals surface area contributed by atoms with Gasteiger partial charge in [-0.2, -0.15) is 0 Å². The van der Waals surface area contributed by atoms with Crippen LogP contribution in [0.25, 0.3) is 9.40 Å². The molecule has 2 nitrogen and oxygen atoms in total. The smallest absolute Gasteiger partial charge is 0.353 e. The first kappa shape index (κ1) is 19.1. The van der Waals surface area contributed by atoms with Crippen molar-refractivity contribution in [1.29, 1.82) is 0 Å². The number of hydrogen-bond acceptors (Lipinski definition) is 4. The molecule has 0 saturated carbocycles. The molecule has 2 heterocycles. The first-order valence-electron chi connectivity index (χ1n) is 9.53. The minimum absolute atomic E-state index is 0.257. The molecule has 3 aromatic rings. The minimum atomic E-state index is -0.257. The zero-order valence-corrected chi connectivity index (χ0v) is 17.2. The van der Waals surface area contributed by atoms with E-state index in [-0.39, 0.29) is 5.97 Å². The average Bonchev–Trinajstić information content (AvgIpc) is 3.20. The highest BCUT2D eigenvalue weighted by molar-refractivity contribution is 7.39. The molecule has 0 aliphatic heterocycles. The summed E-state index contributed by atoms with van der Waals surface area (Å²) < 4.78 is 6.77. The van der Waals surface area contributed by atoms with E-state index in [1.54, 1.807) is 11.3 Å². The van der Waals surface area contributed by atoms with Gasteiger partial charge in [-0.25, -0.2) is 4.79 Å². The van der Waals surface area contributed by atoms with E-state index in [2.05, 4.69) is 19.9 Å². The van der Waals surface area contributed by atoms with Gasteiger partial charge in [0, 0.05) is 10.3 Å². The van der Waals surface area contributed by atoms with E-state index in [0.717, 1.165) is 12.8 Å². The molecule has 0 saturated heterocycles. The Balaban J connectivity index is 1.61. The Morgan fingerprint density at radius 3 is 2.38 bits per heavy atom.